The van der Waals surface area contributed by atoms with Gasteiger partial charge in [0.05, 0.1) is 27.8 Å². The van der Waals surface area contributed by atoms with Crippen LogP contribution in [-0.4, -0.2) is 34.1 Å². The summed E-state index contributed by atoms with van der Waals surface area (Å²) < 4.78 is 38.4. The lowest BCUT2D eigenvalue weighted by molar-refractivity contribution is -0.123. The molecule has 3 rings (SSSR count). The van der Waals surface area contributed by atoms with Gasteiger partial charge in [-0.3, -0.25) is 14.4 Å². The molecule has 2 aromatic heterocycles. The predicted octanol–water partition coefficient (Wildman–Crippen LogP) is 2.85. The Morgan fingerprint density at radius 2 is 1.90 bits per heavy atom. The van der Waals surface area contributed by atoms with E-state index in [1.54, 1.807) is 19.3 Å². The van der Waals surface area contributed by atoms with Gasteiger partial charge >= 0.3 is 6.18 Å². The van der Waals surface area contributed by atoms with Gasteiger partial charge in [0.25, 0.3) is 17.4 Å². The molecule has 0 fully saturated rings. The summed E-state index contributed by atoms with van der Waals surface area (Å²) in [5.41, 5.74) is 0.0812. The van der Waals surface area contributed by atoms with Gasteiger partial charge in [0.2, 0.25) is 0 Å². The van der Waals surface area contributed by atoms with E-state index in [0.717, 1.165) is 11.3 Å². The van der Waals surface area contributed by atoms with Crippen LogP contribution in [0.5, 0.6) is 0 Å². The number of thiophene rings is 1. The standard InChI is InChI=1S/C18H15F3N4O3S/c1-9-12-16(23-8-25(2)17(12)28)29-13(9)15(27)24-11-6-4-3-5-10(11)14(26)22-7-18(19,20)21/h3-6,8H,7H2,1-2H3,(H,22,26)(H,24,27). The molecule has 0 aliphatic carbocycles. The van der Waals surface area contributed by atoms with Crippen molar-refractivity contribution in [3.05, 3.63) is 57.0 Å². The number of fused-ring (bicyclic) bond motifs is 1. The van der Waals surface area contributed by atoms with Crippen molar-refractivity contribution in [1.29, 1.82) is 0 Å². The molecule has 0 saturated heterocycles. The quantitative estimate of drug-likeness (QED) is 0.674. The Balaban J connectivity index is 1.90. The highest BCUT2D eigenvalue weighted by atomic mass is 32.1. The number of alkyl halides is 3. The molecule has 152 valence electrons. The highest BCUT2D eigenvalue weighted by molar-refractivity contribution is 7.20. The van der Waals surface area contributed by atoms with Crippen LogP contribution in [0.2, 0.25) is 0 Å². The van der Waals surface area contributed by atoms with E-state index in [-0.39, 0.29) is 21.7 Å². The first-order valence-corrected chi connectivity index (χ1v) is 9.10. The molecule has 0 radical (unpaired) electrons. The normalized spacial score (nSPS) is 11.5. The van der Waals surface area contributed by atoms with E-state index in [2.05, 4.69) is 10.3 Å². The number of carbonyl (C=O) groups excluding carboxylic acids is 2. The number of aryl methyl sites for hydroxylation is 2. The van der Waals surface area contributed by atoms with Crippen molar-refractivity contribution in [2.45, 2.75) is 13.1 Å². The van der Waals surface area contributed by atoms with Gasteiger partial charge in [-0.2, -0.15) is 13.2 Å². The summed E-state index contributed by atoms with van der Waals surface area (Å²) in [5.74, 6) is -1.56. The molecule has 0 unspecified atom stereocenters. The zero-order valence-corrected chi connectivity index (χ0v) is 16.1. The largest absolute Gasteiger partial charge is 0.405 e. The molecule has 0 bridgehead atoms. The number of rotatable bonds is 4. The van der Waals surface area contributed by atoms with Crippen molar-refractivity contribution in [1.82, 2.24) is 14.9 Å². The number of anilines is 1. The van der Waals surface area contributed by atoms with Crippen LogP contribution < -0.4 is 16.2 Å². The van der Waals surface area contributed by atoms with Crippen LogP contribution in [0.1, 0.15) is 25.6 Å². The summed E-state index contributed by atoms with van der Waals surface area (Å²) in [6.07, 6.45) is -3.20. The zero-order valence-electron chi connectivity index (χ0n) is 15.3. The molecule has 1 aromatic carbocycles. The number of hydrogen-bond acceptors (Lipinski definition) is 5. The number of hydrogen-bond donors (Lipinski definition) is 2. The van der Waals surface area contributed by atoms with Crippen LogP contribution in [0.3, 0.4) is 0 Å². The minimum Gasteiger partial charge on any atom is -0.343 e. The second kappa shape index (κ2) is 7.66. The van der Waals surface area contributed by atoms with Crippen LogP contribution in [0.25, 0.3) is 10.2 Å². The molecular weight excluding hydrogens is 409 g/mol. The van der Waals surface area contributed by atoms with E-state index in [1.807, 2.05) is 0 Å². The highest BCUT2D eigenvalue weighted by Crippen LogP contribution is 2.28. The van der Waals surface area contributed by atoms with Crippen molar-refractivity contribution in [2.75, 3.05) is 11.9 Å². The topological polar surface area (TPSA) is 93.1 Å². The third-order valence-electron chi connectivity index (χ3n) is 4.09. The minimum atomic E-state index is -4.55. The number of carbonyl (C=O) groups is 2. The fourth-order valence-corrected chi connectivity index (χ4v) is 3.70. The first kappa shape index (κ1) is 20.5. The Labute approximate surface area is 166 Å². The van der Waals surface area contributed by atoms with E-state index in [1.165, 1.54) is 35.2 Å². The Hall–Kier alpha value is -3.21. The Morgan fingerprint density at radius 3 is 2.59 bits per heavy atom. The molecule has 0 spiro atoms. The molecule has 0 aliphatic heterocycles. The fourth-order valence-electron chi connectivity index (χ4n) is 2.67. The smallest absolute Gasteiger partial charge is 0.343 e. The third-order valence-corrected chi connectivity index (χ3v) is 5.28. The summed E-state index contributed by atoms with van der Waals surface area (Å²) >= 11 is 1.02. The summed E-state index contributed by atoms with van der Waals surface area (Å²) in [5, 5.41) is 4.63. The maximum atomic E-state index is 12.7. The Morgan fingerprint density at radius 1 is 1.21 bits per heavy atom. The predicted molar refractivity (Wildman–Crippen MR) is 102 cm³/mol. The van der Waals surface area contributed by atoms with Gasteiger partial charge in [0.15, 0.2) is 0 Å². The maximum Gasteiger partial charge on any atom is 0.405 e. The maximum absolute atomic E-state index is 12.7. The van der Waals surface area contributed by atoms with Gasteiger partial charge in [0.1, 0.15) is 11.4 Å². The van der Waals surface area contributed by atoms with Gasteiger partial charge in [-0.15, -0.1) is 11.3 Å². The lowest BCUT2D eigenvalue weighted by Crippen LogP contribution is -2.34. The SMILES string of the molecule is Cc1c(C(=O)Nc2ccccc2C(=O)NCC(F)(F)F)sc2ncn(C)c(=O)c12. The van der Waals surface area contributed by atoms with Crippen LogP contribution in [0.15, 0.2) is 35.4 Å². The highest BCUT2D eigenvalue weighted by Gasteiger charge is 2.28. The van der Waals surface area contributed by atoms with Crippen LogP contribution in [0, 0.1) is 6.92 Å². The number of nitrogens with zero attached hydrogens (tertiary/aromatic N) is 2. The molecule has 2 amide bonds. The number of amides is 2. The molecule has 11 heteroatoms. The molecule has 0 atom stereocenters. The van der Waals surface area contributed by atoms with E-state index in [4.69, 9.17) is 0 Å². The first-order valence-electron chi connectivity index (χ1n) is 8.28. The molecule has 0 aliphatic rings. The van der Waals surface area contributed by atoms with Crippen LogP contribution in [0.4, 0.5) is 18.9 Å². The fraction of sp³-hybridized carbons (Fsp3) is 0.222. The van der Waals surface area contributed by atoms with Gasteiger partial charge < -0.3 is 15.2 Å². The summed E-state index contributed by atoms with van der Waals surface area (Å²) in [4.78, 5) is 41.9. The molecule has 2 N–H and O–H groups in total. The van der Waals surface area contributed by atoms with Crippen LogP contribution >= 0.6 is 11.3 Å². The number of aromatic nitrogens is 2. The van der Waals surface area contributed by atoms with Crippen molar-refractivity contribution in [3.63, 3.8) is 0 Å². The molecule has 3 aromatic rings. The van der Waals surface area contributed by atoms with E-state index >= 15 is 0 Å². The van der Waals surface area contributed by atoms with E-state index in [9.17, 15) is 27.6 Å². The summed E-state index contributed by atoms with van der Waals surface area (Å²) in [6.45, 7) is 0.122. The van der Waals surface area contributed by atoms with Crippen LogP contribution in [-0.2, 0) is 7.05 Å². The molecular formula is C18H15F3N4O3S. The molecule has 2 heterocycles. The average Bonchev–Trinajstić information content (AvgIpc) is 3.00. The monoisotopic (exact) mass is 424 g/mol. The summed E-state index contributed by atoms with van der Waals surface area (Å²) in [6, 6.07) is 5.71. The van der Waals surface area contributed by atoms with Crippen molar-refractivity contribution >= 4 is 39.1 Å². The number of halogens is 3. The summed E-state index contributed by atoms with van der Waals surface area (Å²) in [7, 11) is 1.54. The number of para-hydroxylation sites is 1. The zero-order chi connectivity index (χ0) is 21.3. The van der Waals surface area contributed by atoms with Gasteiger partial charge in [0, 0.05) is 7.05 Å². The first-order chi connectivity index (χ1) is 13.6. The number of benzene rings is 1. The second-order valence-corrected chi connectivity index (χ2v) is 7.19. The molecule has 0 saturated carbocycles. The minimum absolute atomic E-state index is 0.0508. The third kappa shape index (κ3) is 4.29. The lowest BCUT2D eigenvalue weighted by atomic mass is 10.1. The molecule has 29 heavy (non-hydrogen) atoms. The van der Waals surface area contributed by atoms with Crippen molar-refractivity contribution in [2.24, 2.45) is 7.05 Å². The van der Waals surface area contributed by atoms with Gasteiger partial charge in [-0.25, -0.2) is 4.98 Å². The Bertz CT molecular complexity index is 1170. The lowest BCUT2D eigenvalue weighted by Gasteiger charge is -2.12. The van der Waals surface area contributed by atoms with Crippen molar-refractivity contribution in [3.8, 4) is 0 Å². The van der Waals surface area contributed by atoms with E-state index in [0.29, 0.717) is 15.8 Å². The van der Waals surface area contributed by atoms with Gasteiger partial charge in [-0.1, -0.05) is 12.1 Å². The van der Waals surface area contributed by atoms with E-state index < -0.39 is 24.5 Å². The Kier molecular flexibility index (Phi) is 5.42. The average molecular weight is 424 g/mol. The van der Waals surface area contributed by atoms with Crippen molar-refractivity contribution < 1.29 is 22.8 Å². The molecule has 7 nitrogen and oxygen atoms in total. The second-order valence-electron chi connectivity index (χ2n) is 6.19. The van der Waals surface area contributed by atoms with Gasteiger partial charge in [-0.05, 0) is 24.6 Å². The number of nitrogens with one attached hydrogen (secondary N) is 2.